The largest absolute Gasteiger partial charge is 0.402 e. The molecule has 2 aromatic rings. The van der Waals surface area contributed by atoms with Crippen molar-refractivity contribution < 1.29 is 9.53 Å². The quantitative estimate of drug-likeness (QED) is 0.615. The van der Waals surface area contributed by atoms with E-state index >= 15 is 0 Å². The minimum atomic E-state index is -0.412. The lowest BCUT2D eigenvalue weighted by Crippen LogP contribution is -2.05. The van der Waals surface area contributed by atoms with Crippen LogP contribution in [0, 0.1) is 6.92 Å². The summed E-state index contributed by atoms with van der Waals surface area (Å²) in [6.45, 7) is 1.99. The molecule has 98 valence electrons. The van der Waals surface area contributed by atoms with Crippen molar-refractivity contribution in [2.75, 3.05) is 0 Å². The molecule has 0 bridgehead atoms. The van der Waals surface area contributed by atoms with E-state index in [9.17, 15) is 4.79 Å². The summed E-state index contributed by atoms with van der Waals surface area (Å²) in [4.78, 5) is 16.1. The van der Waals surface area contributed by atoms with Crippen molar-refractivity contribution in [3.8, 4) is 0 Å². The second-order valence-electron chi connectivity index (χ2n) is 4.62. The van der Waals surface area contributed by atoms with Crippen molar-refractivity contribution in [2.45, 2.75) is 6.92 Å². The molecule has 3 nitrogen and oxygen atoms in total. The summed E-state index contributed by atoms with van der Waals surface area (Å²) in [5, 5.41) is 0. The number of cyclic esters (lactones) is 1. The maximum absolute atomic E-state index is 11.8. The summed E-state index contributed by atoms with van der Waals surface area (Å²) in [5.41, 5.74) is 3.16. The average Bonchev–Trinajstić information content (AvgIpc) is 2.81. The van der Waals surface area contributed by atoms with E-state index in [0.29, 0.717) is 11.6 Å². The molecule has 0 amide bonds. The van der Waals surface area contributed by atoms with Crippen LogP contribution >= 0.6 is 0 Å². The zero-order chi connectivity index (χ0) is 13.9. The van der Waals surface area contributed by atoms with Crippen molar-refractivity contribution in [2.24, 2.45) is 4.99 Å². The van der Waals surface area contributed by atoms with Crippen LogP contribution in [0.2, 0.25) is 0 Å². The molecule has 3 rings (SSSR count). The van der Waals surface area contributed by atoms with E-state index in [1.54, 1.807) is 6.08 Å². The maximum Gasteiger partial charge on any atom is 0.363 e. The molecular formula is C17H13NO2. The molecule has 2 aromatic carbocycles. The molecule has 1 heterocycles. The van der Waals surface area contributed by atoms with E-state index in [4.69, 9.17) is 4.74 Å². The molecule has 0 aromatic heterocycles. The SMILES string of the molecule is Cc1cccc(C2=N/C(=C\c3ccccc3)C(=O)O2)c1. The van der Waals surface area contributed by atoms with Crippen molar-refractivity contribution in [1.29, 1.82) is 0 Å². The van der Waals surface area contributed by atoms with Crippen molar-refractivity contribution in [1.82, 2.24) is 0 Å². The van der Waals surface area contributed by atoms with Gasteiger partial charge in [0.1, 0.15) is 0 Å². The Hall–Kier alpha value is -2.68. The van der Waals surface area contributed by atoms with Gasteiger partial charge in [0.15, 0.2) is 5.70 Å². The number of carbonyl (C=O) groups is 1. The predicted molar refractivity (Wildman–Crippen MR) is 78.2 cm³/mol. The summed E-state index contributed by atoms with van der Waals surface area (Å²) < 4.78 is 5.23. The molecule has 0 fully saturated rings. The van der Waals surface area contributed by atoms with Gasteiger partial charge in [0.05, 0.1) is 0 Å². The number of esters is 1. The fourth-order valence-corrected chi connectivity index (χ4v) is 2.02. The molecule has 0 aliphatic carbocycles. The number of carbonyl (C=O) groups excluding carboxylic acids is 1. The highest BCUT2D eigenvalue weighted by Gasteiger charge is 2.23. The Morgan fingerprint density at radius 1 is 1.05 bits per heavy atom. The van der Waals surface area contributed by atoms with Gasteiger partial charge in [0, 0.05) is 5.56 Å². The fourth-order valence-electron chi connectivity index (χ4n) is 2.02. The van der Waals surface area contributed by atoms with Gasteiger partial charge in [-0.15, -0.1) is 0 Å². The number of aryl methyl sites for hydroxylation is 1. The van der Waals surface area contributed by atoms with E-state index in [0.717, 1.165) is 16.7 Å². The molecule has 0 saturated carbocycles. The molecule has 0 saturated heterocycles. The first-order valence-electron chi connectivity index (χ1n) is 6.37. The van der Waals surface area contributed by atoms with Gasteiger partial charge in [-0.25, -0.2) is 9.79 Å². The number of hydrogen-bond donors (Lipinski definition) is 0. The van der Waals surface area contributed by atoms with E-state index in [1.807, 2.05) is 61.5 Å². The number of benzene rings is 2. The highest BCUT2D eigenvalue weighted by molar-refractivity contribution is 6.12. The highest BCUT2D eigenvalue weighted by atomic mass is 16.6. The summed E-state index contributed by atoms with van der Waals surface area (Å²) in [6, 6.07) is 17.3. The lowest BCUT2D eigenvalue weighted by atomic mass is 10.1. The normalized spacial score (nSPS) is 16.1. The van der Waals surface area contributed by atoms with Crippen LogP contribution in [0.4, 0.5) is 0 Å². The molecule has 20 heavy (non-hydrogen) atoms. The summed E-state index contributed by atoms with van der Waals surface area (Å²) in [5.74, 6) is -0.0498. The molecular weight excluding hydrogens is 250 g/mol. The van der Waals surface area contributed by atoms with Crippen LogP contribution in [0.1, 0.15) is 16.7 Å². The summed E-state index contributed by atoms with van der Waals surface area (Å²) in [7, 11) is 0. The maximum atomic E-state index is 11.8. The molecule has 0 unspecified atom stereocenters. The third-order valence-corrected chi connectivity index (χ3v) is 2.99. The van der Waals surface area contributed by atoms with Gasteiger partial charge >= 0.3 is 5.97 Å². The first-order chi connectivity index (χ1) is 9.72. The fraction of sp³-hybridized carbons (Fsp3) is 0.0588. The Balaban J connectivity index is 1.95. The number of aliphatic imine (C=N–C) groups is 1. The Morgan fingerprint density at radius 2 is 1.85 bits per heavy atom. The van der Waals surface area contributed by atoms with Crippen LogP contribution in [-0.4, -0.2) is 11.9 Å². The zero-order valence-electron chi connectivity index (χ0n) is 11.0. The highest BCUT2D eigenvalue weighted by Crippen LogP contribution is 2.19. The first-order valence-corrected chi connectivity index (χ1v) is 6.37. The van der Waals surface area contributed by atoms with Crippen molar-refractivity contribution in [3.63, 3.8) is 0 Å². The van der Waals surface area contributed by atoms with Gasteiger partial charge in [-0.2, -0.15) is 0 Å². The van der Waals surface area contributed by atoms with Crippen LogP contribution in [0.15, 0.2) is 65.3 Å². The minimum absolute atomic E-state index is 0.327. The predicted octanol–water partition coefficient (Wildman–Crippen LogP) is 3.34. The zero-order valence-corrected chi connectivity index (χ0v) is 11.0. The first kappa shape index (κ1) is 12.4. The molecule has 0 spiro atoms. The topological polar surface area (TPSA) is 38.7 Å². The third kappa shape index (κ3) is 2.52. The van der Waals surface area contributed by atoms with E-state index in [1.165, 1.54) is 0 Å². The van der Waals surface area contributed by atoms with Crippen LogP contribution in [-0.2, 0) is 9.53 Å². The Bertz CT molecular complexity index is 715. The Morgan fingerprint density at radius 3 is 2.60 bits per heavy atom. The van der Waals surface area contributed by atoms with Crippen molar-refractivity contribution >= 4 is 17.9 Å². The van der Waals surface area contributed by atoms with Gasteiger partial charge in [-0.05, 0) is 30.7 Å². The average molecular weight is 263 g/mol. The number of rotatable bonds is 2. The van der Waals surface area contributed by atoms with Gasteiger partial charge in [-0.1, -0.05) is 48.0 Å². The van der Waals surface area contributed by atoms with Crippen LogP contribution < -0.4 is 0 Å². The molecule has 0 radical (unpaired) electrons. The smallest absolute Gasteiger partial charge is 0.363 e. The van der Waals surface area contributed by atoms with Crippen LogP contribution in [0.5, 0.6) is 0 Å². The molecule has 0 N–H and O–H groups in total. The van der Waals surface area contributed by atoms with E-state index in [2.05, 4.69) is 4.99 Å². The minimum Gasteiger partial charge on any atom is -0.402 e. The number of hydrogen-bond acceptors (Lipinski definition) is 3. The summed E-state index contributed by atoms with van der Waals surface area (Å²) in [6.07, 6.45) is 1.73. The second-order valence-corrected chi connectivity index (χ2v) is 4.62. The standard InChI is InChI=1S/C17H13NO2/c1-12-6-5-9-14(10-12)16-18-15(17(19)20-16)11-13-7-3-2-4-8-13/h2-11H,1H3/b15-11-. The number of nitrogens with zero attached hydrogens (tertiary/aromatic N) is 1. The van der Waals surface area contributed by atoms with Crippen LogP contribution in [0.3, 0.4) is 0 Å². The molecule has 1 aliphatic heterocycles. The Kier molecular flexibility index (Phi) is 3.17. The van der Waals surface area contributed by atoms with Gasteiger partial charge in [0.25, 0.3) is 0 Å². The lowest BCUT2D eigenvalue weighted by Gasteiger charge is -1.99. The monoisotopic (exact) mass is 263 g/mol. The molecule has 1 aliphatic rings. The van der Waals surface area contributed by atoms with Gasteiger partial charge < -0.3 is 4.74 Å². The van der Waals surface area contributed by atoms with Crippen LogP contribution in [0.25, 0.3) is 6.08 Å². The third-order valence-electron chi connectivity index (χ3n) is 2.99. The lowest BCUT2D eigenvalue weighted by molar-refractivity contribution is -0.129. The van der Waals surface area contributed by atoms with E-state index < -0.39 is 5.97 Å². The summed E-state index contributed by atoms with van der Waals surface area (Å²) >= 11 is 0. The number of ether oxygens (including phenoxy) is 1. The van der Waals surface area contributed by atoms with Gasteiger partial charge in [0.2, 0.25) is 5.90 Å². The van der Waals surface area contributed by atoms with E-state index in [-0.39, 0.29) is 0 Å². The molecule has 0 atom stereocenters. The second kappa shape index (κ2) is 5.13. The Labute approximate surface area is 117 Å². The van der Waals surface area contributed by atoms with Gasteiger partial charge in [-0.3, -0.25) is 0 Å². The molecule has 3 heteroatoms. The van der Waals surface area contributed by atoms with Crippen molar-refractivity contribution in [3.05, 3.63) is 77.0 Å².